The number of guanidine groups is 1. The van der Waals surface area contributed by atoms with Crippen molar-refractivity contribution in [2.45, 2.75) is 52.2 Å². The molecule has 2 aromatic rings. The molecule has 0 spiro atoms. The molecule has 1 aromatic heterocycles. The first-order valence-electron chi connectivity index (χ1n) is 10.4. The minimum atomic E-state index is -0.616. The zero-order valence-corrected chi connectivity index (χ0v) is 22.6. The maximum atomic E-state index is 10.6. The van der Waals surface area contributed by atoms with E-state index in [0.717, 1.165) is 35.9 Å². The highest BCUT2D eigenvalue weighted by atomic mass is 127. The summed E-state index contributed by atoms with van der Waals surface area (Å²) in [7, 11) is 1.93. The summed E-state index contributed by atoms with van der Waals surface area (Å²) in [6.45, 7) is 10.1. The monoisotopic (exact) mass is 560 g/mol. The summed E-state index contributed by atoms with van der Waals surface area (Å²) >= 11 is 1.82. The second-order valence-electron chi connectivity index (χ2n) is 8.43. The van der Waals surface area contributed by atoms with Gasteiger partial charge in [-0.25, -0.2) is 4.99 Å². The average Bonchev–Trinajstić information content (AvgIpc) is 3.04. The third-order valence-electron chi connectivity index (χ3n) is 5.00. The van der Waals surface area contributed by atoms with Crippen LogP contribution in [0.3, 0.4) is 0 Å². The fraction of sp³-hybridized carbons (Fsp3) is 0.591. The van der Waals surface area contributed by atoms with E-state index in [4.69, 9.17) is 0 Å². The lowest BCUT2D eigenvalue weighted by atomic mass is 9.86. The van der Waals surface area contributed by atoms with Crippen LogP contribution in [0.25, 0.3) is 0 Å². The number of thioether (sulfide) groups is 1. The van der Waals surface area contributed by atoms with Crippen LogP contribution in [-0.2, 0) is 19.0 Å². The van der Waals surface area contributed by atoms with Crippen molar-refractivity contribution in [2.24, 2.45) is 12.0 Å². The standard InChI is InChI=1S/C22H36N6OS.HI/c1-16-26-27-20(28(16)5)15-25-21(23-12-7-13-30-6)24-14-19(29)17-8-10-18(11-9-17)22(2,3)4;/h8-11,19,29H,7,12-15H2,1-6H3,(H2,23,24,25);1H. The summed E-state index contributed by atoms with van der Waals surface area (Å²) in [5.74, 6) is 3.42. The Balaban J connectivity index is 0.00000480. The van der Waals surface area contributed by atoms with Gasteiger partial charge in [-0.05, 0) is 41.9 Å². The molecule has 174 valence electrons. The first kappa shape index (κ1) is 27.7. The van der Waals surface area contributed by atoms with Crippen molar-refractivity contribution in [3.8, 4) is 0 Å². The minimum Gasteiger partial charge on any atom is -0.387 e. The Kier molecular flexibility index (Phi) is 11.9. The average molecular weight is 561 g/mol. The molecular weight excluding hydrogens is 523 g/mol. The summed E-state index contributed by atoms with van der Waals surface area (Å²) in [4.78, 5) is 4.63. The Labute approximate surface area is 207 Å². The summed E-state index contributed by atoms with van der Waals surface area (Å²) in [6, 6.07) is 8.17. The van der Waals surface area contributed by atoms with Crippen molar-refractivity contribution in [3.05, 3.63) is 47.0 Å². The molecule has 1 atom stereocenters. The highest BCUT2D eigenvalue weighted by Crippen LogP contribution is 2.23. The fourth-order valence-electron chi connectivity index (χ4n) is 2.85. The van der Waals surface area contributed by atoms with Crippen LogP contribution in [0.5, 0.6) is 0 Å². The van der Waals surface area contributed by atoms with Crippen LogP contribution in [-0.4, -0.2) is 50.9 Å². The lowest BCUT2D eigenvalue weighted by molar-refractivity contribution is 0.181. The predicted octanol–water partition coefficient (Wildman–Crippen LogP) is 3.56. The summed E-state index contributed by atoms with van der Waals surface area (Å²) in [5.41, 5.74) is 2.24. The first-order valence-corrected chi connectivity index (χ1v) is 11.8. The van der Waals surface area contributed by atoms with E-state index in [1.54, 1.807) is 0 Å². The van der Waals surface area contributed by atoms with E-state index in [0.29, 0.717) is 19.0 Å². The number of aromatic nitrogens is 3. The van der Waals surface area contributed by atoms with Gasteiger partial charge >= 0.3 is 0 Å². The van der Waals surface area contributed by atoms with Gasteiger partial charge in [-0.2, -0.15) is 11.8 Å². The molecule has 0 saturated carbocycles. The number of aliphatic imine (C=N–C) groups is 1. The molecule has 1 heterocycles. The number of hydrogen-bond acceptors (Lipinski definition) is 5. The van der Waals surface area contributed by atoms with Crippen molar-refractivity contribution in [1.82, 2.24) is 25.4 Å². The van der Waals surface area contributed by atoms with E-state index in [9.17, 15) is 5.11 Å². The van der Waals surface area contributed by atoms with Gasteiger partial charge in [-0.1, -0.05) is 45.0 Å². The van der Waals surface area contributed by atoms with Crippen LogP contribution in [0.15, 0.2) is 29.3 Å². The summed E-state index contributed by atoms with van der Waals surface area (Å²) < 4.78 is 1.93. The molecule has 7 nitrogen and oxygen atoms in total. The lowest BCUT2D eigenvalue weighted by Gasteiger charge is -2.20. The third-order valence-corrected chi connectivity index (χ3v) is 5.70. The van der Waals surface area contributed by atoms with Crippen LogP contribution in [0.4, 0.5) is 0 Å². The van der Waals surface area contributed by atoms with Crippen molar-refractivity contribution < 1.29 is 5.11 Å². The lowest BCUT2D eigenvalue weighted by Crippen LogP contribution is -2.40. The summed E-state index contributed by atoms with van der Waals surface area (Å²) in [5, 5.41) is 25.5. The van der Waals surface area contributed by atoms with Gasteiger partial charge in [-0.3, -0.25) is 0 Å². The largest absolute Gasteiger partial charge is 0.387 e. The van der Waals surface area contributed by atoms with E-state index in [1.807, 2.05) is 42.4 Å². The van der Waals surface area contributed by atoms with E-state index >= 15 is 0 Å². The Hall–Kier alpha value is -1.33. The van der Waals surface area contributed by atoms with Crippen molar-refractivity contribution in [3.63, 3.8) is 0 Å². The Morgan fingerprint density at radius 3 is 2.42 bits per heavy atom. The number of nitrogens with zero attached hydrogens (tertiary/aromatic N) is 4. The number of halogens is 1. The minimum absolute atomic E-state index is 0. The summed E-state index contributed by atoms with van der Waals surface area (Å²) in [6.07, 6.45) is 2.53. The number of nitrogens with one attached hydrogen (secondary N) is 2. The van der Waals surface area contributed by atoms with Gasteiger partial charge in [0.25, 0.3) is 0 Å². The van der Waals surface area contributed by atoms with Crippen molar-refractivity contribution in [2.75, 3.05) is 25.1 Å². The van der Waals surface area contributed by atoms with Crippen LogP contribution in [0.1, 0.15) is 56.1 Å². The van der Waals surface area contributed by atoms with E-state index in [2.05, 4.69) is 65.0 Å². The zero-order valence-electron chi connectivity index (χ0n) is 19.5. The highest BCUT2D eigenvalue weighted by Gasteiger charge is 2.15. The number of aliphatic hydroxyl groups is 1. The van der Waals surface area contributed by atoms with Crippen molar-refractivity contribution >= 4 is 41.7 Å². The molecule has 0 aliphatic carbocycles. The zero-order chi connectivity index (χ0) is 22.1. The first-order chi connectivity index (χ1) is 14.2. The van der Waals surface area contributed by atoms with Crippen LogP contribution in [0, 0.1) is 6.92 Å². The van der Waals surface area contributed by atoms with Gasteiger partial charge in [0.2, 0.25) is 0 Å². The molecule has 0 bridgehead atoms. The van der Waals surface area contributed by atoms with Gasteiger partial charge in [0.1, 0.15) is 12.4 Å². The number of hydrogen-bond donors (Lipinski definition) is 3. The number of aryl methyl sites for hydroxylation is 1. The smallest absolute Gasteiger partial charge is 0.191 e. The molecule has 0 aliphatic heterocycles. The third kappa shape index (κ3) is 8.97. The molecule has 2 rings (SSSR count). The number of benzene rings is 1. The van der Waals surface area contributed by atoms with E-state index in [1.165, 1.54) is 5.56 Å². The molecule has 1 unspecified atom stereocenters. The van der Waals surface area contributed by atoms with Crippen LogP contribution in [0.2, 0.25) is 0 Å². The van der Waals surface area contributed by atoms with Gasteiger partial charge in [-0.15, -0.1) is 34.2 Å². The molecule has 1 aromatic carbocycles. The fourth-order valence-corrected chi connectivity index (χ4v) is 3.29. The Bertz CT molecular complexity index is 816. The quantitative estimate of drug-likeness (QED) is 0.188. The Morgan fingerprint density at radius 2 is 1.87 bits per heavy atom. The van der Waals surface area contributed by atoms with Gasteiger partial charge in [0.05, 0.1) is 6.10 Å². The van der Waals surface area contributed by atoms with E-state index in [-0.39, 0.29) is 29.4 Å². The molecule has 31 heavy (non-hydrogen) atoms. The molecule has 0 saturated heterocycles. The second kappa shape index (κ2) is 13.3. The van der Waals surface area contributed by atoms with Gasteiger partial charge in [0, 0.05) is 20.1 Å². The van der Waals surface area contributed by atoms with Crippen molar-refractivity contribution in [1.29, 1.82) is 0 Å². The molecule has 0 radical (unpaired) electrons. The van der Waals surface area contributed by atoms with Crippen LogP contribution < -0.4 is 10.6 Å². The van der Waals surface area contributed by atoms with Gasteiger partial charge in [0.15, 0.2) is 11.8 Å². The maximum absolute atomic E-state index is 10.6. The Morgan fingerprint density at radius 1 is 1.19 bits per heavy atom. The second-order valence-corrected chi connectivity index (χ2v) is 9.41. The number of rotatable bonds is 9. The molecular formula is C22H37IN6OS. The van der Waals surface area contributed by atoms with Gasteiger partial charge < -0.3 is 20.3 Å². The van der Waals surface area contributed by atoms with E-state index < -0.39 is 6.10 Å². The molecule has 3 N–H and O–H groups in total. The topological polar surface area (TPSA) is 87.4 Å². The highest BCUT2D eigenvalue weighted by molar-refractivity contribution is 14.0. The molecule has 9 heteroatoms. The molecule has 0 aliphatic rings. The number of aliphatic hydroxyl groups excluding tert-OH is 1. The molecule has 0 amide bonds. The normalized spacial score (nSPS) is 12.9. The molecule has 0 fully saturated rings. The predicted molar refractivity (Wildman–Crippen MR) is 141 cm³/mol. The SMILES string of the molecule is CSCCCNC(=NCc1nnc(C)n1C)NCC(O)c1ccc(C(C)(C)C)cc1.I. The maximum Gasteiger partial charge on any atom is 0.191 e. The van der Waals surface area contributed by atoms with Crippen LogP contribution >= 0.6 is 35.7 Å².